The fraction of sp³-hybridized carbons (Fsp3) is 0.250. The van der Waals surface area contributed by atoms with E-state index in [1.807, 2.05) is 47.4 Å². The van der Waals surface area contributed by atoms with Crippen molar-refractivity contribution in [3.05, 3.63) is 48.9 Å². The highest BCUT2D eigenvalue weighted by atomic mass is 16.5. The summed E-state index contributed by atoms with van der Waals surface area (Å²) in [7, 11) is 0. The van der Waals surface area contributed by atoms with Crippen LogP contribution in [0.3, 0.4) is 0 Å². The number of oxazole rings is 1. The molecule has 0 radical (unpaired) electrons. The smallest absolute Gasteiger partial charge is 0.231 e. The summed E-state index contributed by atoms with van der Waals surface area (Å²) in [5.74, 6) is 0.847. The fourth-order valence-electron chi connectivity index (χ4n) is 3.37. The lowest BCUT2D eigenvalue weighted by Crippen LogP contribution is -2.18. The molecule has 1 aliphatic rings. The van der Waals surface area contributed by atoms with E-state index in [2.05, 4.69) is 15.1 Å². The first kappa shape index (κ1) is 16.0. The Morgan fingerprint density at radius 1 is 1.11 bits per heavy atom. The first-order valence-electron chi connectivity index (χ1n) is 9.05. The van der Waals surface area contributed by atoms with E-state index in [4.69, 9.17) is 14.9 Å². The summed E-state index contributed by atoms with van der Waals surface area (Å²) >= 11 is 0. The van der Waals surface area contributed by atoms with Crippen LogP contribution in [0.4, 0.5) is 5.82 Å². The number of hydrogen-bond donors (Lipinski definition) is 1. The molecule has 0 spiro atoms. The molecule has 4 aromatic rings. The second-order valence-corrected chi connectivity index (χ2v) is 6.67. The number of pyridine rings is 1. The molecule has 4 heterocycles. The van der Waals surface area contributed by atoms with Gasteiger partial charge in [0.1, 0.15) is 17.6 Å². The number of ether oxygens (including phenoxy) is 1. The number of fused-ring (bicyclic) bond motifs is 1. The molecule has 1 aliphatic heterocycles. The van der Waals surface area contributed by atoms with Crippen molar-refractivity contribution in [3.8, 4) is 22.6 Å². The Bertz CT molecular complexity index is 1060. The number of benzene rings is 1. The lowest BCUT2D eigenvalue weighted by Gasteiger charge is -2.22. The van der Waals surface area contributed by atoms with Crippen LogP contribution in [0.25, 0.3) is 33.7 Å². The van der Waals surface area contributed by atoms with Gasteiger partial charge in [-0.15, -0.1) is 0 Å². The topological polar surface area (TPSA) is 92.0 Å². The van der Waals surface area contributed by atoms with Crippen molar-refractivity contribution < 1.29 is 9.15 Å². The average Bonchev–Trinajstić information content (AvgIpc) is 3.36. The van der Waals surface area contributed by atoms with Crippen LogP contribution in [0.2, 0.25) is 0 Å². The van der Waals surface area contributed by atoms with E-state index in [1.165, 1.54) is 0 Å². The summed E-state index contributed by atoms with van der Waals surface area (Å²) in [5.41, 5.74) is 10.1. The fourth-order valence-corrected chi connectivity index (χ4v) is 3.37. The minimum absolute atomic E-state index is 0.00532. The van der Waals surface area contributed by atoms with Crippen molar-refractivity contribution in [2.75, 3.05) is 12.3 Å². The molecule has 136 valence electrons. The van der Waals surface area contributed by atoms with Gasteiger partial charge in [-0.2, -0.15) is 5.10 Å². The molecule has 7 heteroatoms. The molecule has 1 unspecified atom stereocenters. The summed E-state index contributed by atoms with van der Waals surface area (Å²) in [6.07, 6.45) is 8.80. The highest BCUT2D eigenvalue weighted by molar-refractivity contribution is 5.80. The van der Waals surface area contributed by atoms with Crippen molar-refractivity contribution in [1.29, 1.82) is 0 Å². The Morgan fingerprint density at radius 3 is 2.89 bits per heavy atom. The molecular formula is C20H19N5O2. The predicted molar refractivity (Wildman–Crippen MR) is 102 cm³/mol. The van der Waals surface area contributed by atoms with E-state index >= 15 is 0 Å². The van der Waals surface area contributed by atoms with Crippen molar-refractivity contribution >= 4 is 16.9 Å². The van der Waals surface area contributed by atoms with Crippen LogP contribution in [0, 0.1) is 0 Å². The van der Waals surface area contributed by atoms with Crippen LogP contribution < -0.4 is 5.73 Å². The van der Waals surface area contributed by atoms with Crippen LogP contribution in [-0.2, 0) is 4.74 Å². The van der Waals surface area contributed by atoms with E-state index < -0.39 is 0 Å². The minimum Gasteiger partial charge on any atom is -0.436 e. The van der Waals surface area contributed by atoms with E-state index in [-0.39, 0.29) is 6.23 Å². The van der Waals surface area contributed by atoms with Gasteiger partial charge in [0, 0.05) is 30.1 Å². The number of anilines is 1. The largest absolute Gasteiger partial charge is 0.436 e. The van der Waals surface area contributed by atoms with Crippen molar-refractivity contribution in [2.45, 2.75) is 25.5 Å². The van der Waals surface area contributed by atoms with Crippen molar-refractivity contribution in [2.24, 2.45) is 0 Å². The van der Waals surface area contributed by atoms with Gasteiger partial charge in [-0.1, -0.05) is 12.1 Å². The second kappa shape index (κ2) is 6.51. The maximum absolute atomic E-state index is 6.09. The molecule has 0 amide bonds. The quantitative estimate of drug-likeness (QED) is 0.592. The Balaban J connectivity index is 1.51. The molecule has 1 aromatic carbocycles. The zero-order chi connectivity index (χ0) is 18.2. The van der Waals surface area contributed by atoms with E-state index in [0.717, 1.165) is 48.1 Å². The maximum Gasteiger partial charge on any atom is 0.231 e. The summed E-state index contributed by atoms with van der Waals surface area (Å²) in [5, 5.41) is 4.47. The van der Waals surface area contributed by atoms with Crippen LogP contribution in [0.5, 0.6) is 0 Å². The van der Waals surface area contributed by atoms with Crippen molar-refractivity contribution in [1.82, 2.24) is 19.7 Å². The maximum atomic E-state index is 6.09. The van der Waals surface area contributed by atoms with Crippen molar-refractivity contribution in [3.63, 3.8) is 0 Å². The van der Waals surface area contributed by atoms with Gasteiger partial charge in [-0.25, -0.2) is 14.6 Å². The van der Waals surface area contributed by atoms with E-state index in [0.29, 0.717) is 17.3 Å². The molecule has 0 aliphatic carbocycles. The monoisotopic (exact) mass is 361 g/mol. The molecular weight excluding hydrogens is 342 g/mol. The molecule has 7 nitrogen and oxygen atoms in total. The molecule has 1 saturated heterocycles. The number of nitrogens with two attached hydrogens (primary N) is 1. The minimum atomic E-state index is 0.00532. The van der Waals surface area contributed by atoms with Gasteiger partial charge in [0.25, 0.3) is 0 Å². The standard InChI is InChI=1S/C20H19N5O2/c21-19-15(20-24-16-5-1-2-6-17(16)27-20)9-13(10-22-19)14-11-23-25(12-14)18-7-3-4-8-26-18/h1-2,5-6,9-12,18H,3-4,7-8H2,(H2,21,22). The highest BCUT2D eigenvalue weighted by Gasteiger charge is 2.18. The normalized spacial score (nSPS) is 17.4. The lowest BCUT2D eigenvalue weighted by atomic mass is 10.1. The third kappa shape index (κ3) is 2.96. The van der Waals surface area contributed by atoms with Crippen LogP contribution in [-0.4, -0.2) is 26.4 Å². The Hall–Kier alpha value is -3.19. The Labute approximate surface area is 155 Å². The summed E-state index contributed by atoms with van der Waals surface area (Å²) < 4.78 is 13.5. The van der Waals surface area contributed by atoms with Crippen LogP contribution in [0.15, 0.2) is 53.3 Å². The molecule has 5 rings (SSSR count). The summed E-state index contributed by atoms with van der Waals surface area (Å²) in [4.78, 5) is 8.86. The average molecular weight is 361 g/mol. The number of nitrogen functional groups attached to an aromatic ring is 1. The second-order valence-electron chi connectivity index (χ2n) is 6.67. The Morgan fingerprint density at radius 2 is 2.04 bits per heavy atom. The zero-order valence-electron chi connectivity index (χ0n) is 14.7. The summed E-state index contributed by atoms with van der Waals surface area (Å²) in [6, 6.07) is 9.57. The number of aromatic nitrogens is 4. The highest BCUT2D eigenvalue weighted by Crippen LogP contribution is 2.32. The van der Waals surface area contributed by atoms with Gasteiger partial charge in [-0.05, 0) is 37.5 Å². The molecule has 0 saturated carbocycles. The molecule has 27 heavy (non-hydrogen) atoms. The van der Waals surface area contributed by atoms with Gasteiger partial charge >= 0.3 is 0 Å². The van der Waals surface area contributed by atoms with Crippen LogP contribution in [0.1, 0.15) is 25.5 Å². The molecule has 1 fully saturated rings. The first-order chi connectivity index (χ1) is 13.3. The van der Waals surface area contributed by atoms with Gasteiger partial charge in [0.2, 0.25) is 5.89 Å². The van der Waals surface area contributed by atoms with Gasteiger partial charge in [0.05, 0.1) is 11.8 Å². The van der Waals surface area contributed by atoms with Gasteiger partial charge in [0.15, 0.2) is 5.58 Å². The SMILES string of the molecule is Nc1ncc(-c2cnn(C3CCCCO3)c2)cc1-c1nc2ccccc2o1. The molecule has 2 N–H and O–H groups in total. The zero-order valence-corrected chi connectivity index (χ0v) is 14.7. The molecule has 1 atom stereocenters. The lowest BCUT2D eigenvalue weighted by molar-refractivity contribution is -0.0394. The Kier molecular flexibility index (Phi) is 3.86. The third-order valence-corrected chi connectivity index (χ3v) is 4.83. The predicted octanol–water partition coefficient (Wildman–Crippen LogP) is 4.03. The summed E-state index contributed by atoms with van der Waals surface area (Å²) in [6.45, 7) is 0.783. The number of para-hydroxylation sites is 2. The first-order valence-corrected chi connectivity index (χ1v) is 9.05. The van der Waals surface area contributed by atoms with E-state index in [1.54, 1.807) is 6.20 Å². The molecule has 3 aromatic heterocycles. The third-order valence-electron chi connectivity index (χ3n) is 4.83. The van der Waals surface area contributed by atoms with E-state index in [9.17, 15) is 0 Å². The number of rotatable bonds is 3. The molecule has 0 bridgehead atoms. The van der Waals surface area contributed by atoms with Gasteiger partial charge < -0.3 is 14.9 Å². The number of nitrogens with zero attached hydrogens (tertiary/aromatic N) is 4. The number of hydrogen-bond acceptors (Lipinski definition) is 6. The van der Waals surface area contributed by atoms with Crippen LogP contribution >= 0.6 is 0 Å². The van der Waals surface area contributed by atoms with Gasteiger partial charge in [-0.3, -0.25) is 0 Å².